The minimum Gasteiger partial charge on any atom is -0.309 e. The summed E-state index contributed by atoms with van der Waals surface area (Å²) in [5, 5.41) is 44.1. The molecular formula is C67H37N9. The van der Waals surface area contributed by atoms with E-state index in [-0.39, 0.29) is 0 Å². The van der Waals surface area contributed by atoms with Gasteiger partial charge in [-0.05, 0) is 124 Å². The lowest BCUT2D eigenvalue weighted by Crippen LogP contribution is -2.04. The van der Waals surface area contributed by atoms with E-state index in [9.17, 15) is 21.0 Å². The maximum Gasteiger partial charge on any atom is 0.166 e. The van der Waals surface area contributed by atoms with Crippen LogP contribution in [-0.4, -0.2) is 24.1 Å². The van der Waals surface area contributed by atoms with Crippen LogP contribution in [0.4, 0.5) is 0 Å². The van der Waals surface area contributed by atoms with Crippen LogP contribution in [0.15, 0.2) is 224 Å². The molecule has 13 aromatic rings. The van der Waals surface area contributed by atoms with Gasteiger partial charge in [0.05, 0.1) is 74.3 Å². The van der Waals surface area contributed by atoms with Crippen molar-refractivity contribution in [3.8, 4) is 103 Å². The van der Waals surface area contributed by atoms with Crippen molar-refractivity contribution in [2.45, 2.75) is 0 Å². The molecular weight excluding hydrogens is 931 g/mol. The molecule has 0 saturated heterocycles. The van der Waals surface area contributed by atoms with Gasteiger partial charge in [0.1, 0.15) is 0 Å². The van der Waals surface area contributed by atoms with E-state index in [1.165, 1.54) is 0 Å². The predicted octanol–water partition coefficient (Wildman–Crippen LogP) is 15.6. The molecule has 0 N–H and O–H groups in total. The molecule has 9 heteroatoms. The maximum absolute atomic E-state index is 10.3. The Morgan fingerprint density at radius 1 is 0.289 bits per heavy atom. The number of rotatable bonds is 8. The molecule has 3 aromatic heterocycles. The fourth-order valence-electron chi connectivity index (χ4n) is 10.6. The Hall–Kier alpha value is -11.2. The first-order valence-electron chi connectivity index (χ1n) is 24.6. The minimum absolute atomic E-state index is 0.387. The van der Waals surface area contributed by atoms with Crippen LogP contribution in [0.1, 0.15) is 22.3 Å². The molecule has 9 nitrogen and oxygen atoms in total. The number of hydrogen-bond acceptors (Lipinski definition) is 7. The molecule has 13 rings (SSSR count). The van der Waals surface area contributed by atoms with E-state index < -0.39 is 0 Å². The first-order chi connectivity index (χ1) is 37.5. The van der Waals surface area contributed by atoms with E-state index in [1.807, 2.05) is 91.0 Å². The largest absolute Gasteiger partial charge is 0.309 e. The summed E-state index contributed by atoms with van der Waals surface area (Å²) >= 11 is 0. The van der Waals surface area contributed by atoms with Gasteiger partial charge in [-0.1, -0.05) is 133 Å². The number of para-hydroxylation sites is 2. The molecule has 0 saturated carbocycles. The summed E-state index contributed by atoms with van der Waals surface area (Å²) in [7, 11) is 0. The second-order valence-electron chi connectivity index (χ2n) is 18.5. The Kier molecular flexibility index (Phi) is 10.8. The summed E-state index contributed by atoms with van der Waals surface area (Å²) in [5.41, 5.74) is 14.8. The fourth-order valence-corrected chi connectivity index (χ4v) is 10.6. The normalized spacial score (nSPS) is 11.1. The zero-order chi connectivity index (χ0) is 51.3. The fraction of sp³-hybridized carbons (Fsp3) is 0. The highest BCUT2D eigenvalue weighted by atomic mass is 15.1. The van der Waals surface area contributed by atoms with Crippen molar-refractivity contribution >= 4 is 43.6 Å². The van der Waals surface area contributed by atoms with Gasteiger partial charge in [0.15, 0.2) is 17.5 Å². The smallest absolute Gasteiger partial charge is 0.166 e. The van der Waals surface area contributed by atoms with Gasteiger partial charge in [-0.15, -0.1) is 0 Å². The summed E-state index contributed by atoms with van der Waals surface area (Å²) in [4.78, 5) is 15.7. The van der Waals surface area contributed by atoms with E-state index in [4.69, 9.17) is 15.0 Å². The van der Waals surface area contributed by atoms with Crippen LogP contribution in [-0.2, 0) is 0 Å². The van der Waals surface area contributed by atoms with Gasteiger partial charge in [-0.2, -0.15) is 21.0 Å². The van der Waals surface area contributed by atoms with Crippen LogP contribution >= 0.6 is 0 Å². The monoisotopic (exact) mass is 967 g/mol. The molecule has 0 aliphatic carbocycles. The van der Waals surface area contributed by atoms with Crippen LogP contribution in [0.5, 0.6) is 0 Å². The molecule has 0 unspecified atom stereocenters. The Morgan fingerprint density at radius 3 is 1.28 bits per heavy atom. The number of benzene rings is 10. The van der Waals surface area contributed by atoms with E-state index in [0.717, 1.165) is 93.9 Å². The van der Waals surface area contributed by atoms with Gasteiger partial charge in [0.25, 0.3) is 0 Å². The second-order valence-corrected chi connectivity index (χ2v) is 18.5. The first kappa shape index (κ1) is 44.7. The summed E-state index contributed by atoms with van der Waals surface area (Å²) in [6.07, 6.45) is 0. The lowest BCUT2D eigenvalue weighted by molar-refractivity contribution is 1.06. The molecule has 0 bridgehead atoms. The van der Waals surface area contributed by atoms with E-state index >= 15 is 0 Å². The zero-order valence-electron chi connectivity index (χ0n) is 40.4. The predicted molar refractivity (Wildman–Crippen MR) is 300 cm³/mol. The van der Waals surface area contributed by atoms with E-state index in [2.05, 4.69) is 143 Å². The number of hydrogen-bond donors (Lipinski definition) is 0. The van der Waals surface area contributed by atoms with Crippen LogP contribution in [0.25, 0.3) is 123 Å². The first-order valence-corrected chi connectivity index (χ1v) is 24.6. The lowest BCUT2D eigenvalue weighted by Gasteiger charge is -2.17. The van der Waals surface area contributed by atoms with Crippen molar-refractivity contribution in [2.75, 3.05) is 0 Å². The van der Waals surface area contributed by atoms with Gasteiger partial charge in [0, 0.05) is 43.9 Å². The number of nitriles is 4. The van der Waals surface area contributed by atoms with Gasteiger partial charge < -0.3 is 9.13 Å². The van der Waals surface area contributed by atoms with Gasteiger partial charge in [-0.3, -0.25) is 0 Å². The summed E-state index contributed by atoms with van der Waals surface area (Å²) in [6.45, 7) is 0. The van der Waals surface area contributed by atoms with E-state index in [0.29, 0.717) is 50.9 Å². The third kappa shape index (κ3) is 7.58. The highest BCUT2D eigenvalue weighted by Crippen LogP contribution is 2.43. The second kappa shape index (κ2) is 18.4. The summed E-state index contributed by atoms with van der Waals surface area (Å²) in [6, 6.07) is 83.6. The van der Waals surface area contributed by atoms with Gasteiger partial charge in [0.2, 0.25) is 0 Å². The topological polar surface area (TPSA) is 144 Å². The third-order valence-corrected chi connectivity index (χ3v) is 14.1. The van der Waals surface area contributed by atoms with Crippen molar-refractivity contribution in [1.82, 2.24) is 24.1 Å². The van der Waals surface area contributed by atoms with Crippen LogP contribution < -0.4 is 0 Å². The molecule has 76 heavy (non-hydrogen) atoms. The Labute approximate surface area is 436 Å². The molecule has 10 aromatic carbocycles. The van der Waals surface area contributed by atoms with Crippen molar-refractivity contribution < 1.29 is 0 Å². The molecule has 0 spiro atoms. The average molecular weight is 968 g/mol. The maximum atomic E-state index is 10.3. The zero-order valence-corrected chi connectivity index (χ0v) is 40.4. The lowest BCUT2D eigenvalue weighted by atomic mass is 9.95. The summed E-state index contributed by atoms with van der Waals surface area (Å²) in [5.74, 6) is 1.53. The van der Waals surface area contributed by atoms with Crippen LogP contribution in [0.3, 0.4) is 0 Å². The average Bonchev–Trinajstić information content (AvgIpc) is 4.10. The van der Waals surface area contributed by atoms with Crippen LogP contribution in [0, 0.1) is 45.3 Å². The summed E-state index contributed by atoms with van der Waals surface area (Å²) < 4.78 is 4.55. The van der Waals surface area contributed by atoms with Crippen molar-refractivity contribution in [3.63, 3.8) is 0 Å². The number of aromatic nitrogens is 5. The third-order valence-electron chi connectivity index (χ3n) is 14.1. The highest BCUT2D eigenvalue weighted by molar-refractivity contribution is 6.13. The molecule has 0 fully saturated rings. The van der Waals surface area contributed by atoms with Gasteiger partial charge >= 0.3 is 0 Å². The molecule has 0 radical (unpaired) electrons. The Morgan fingerprint density at radius 2 is 0.724 bits per heavy atom. The number of nitrogens with zero attached hydrogens (tertiary/aromatic N) is 9. The molecule has 350 valence electrons. The Balaban J connectivity index is 1.09. The minimum atomic E-state index is 0.387. The van der Waals surface area contributed by atoms with Crippen molar-refractivity contribution in [2.24, 2.45) is 0 Å². The highest BCUT2D eigenvalue weighted by Gasteiger charge is 2.23. The Bertz CT molecular complexity index is 4490. The standard InChI is InChI=1S/C67H37N9/c68-38-42-20-26-53(50(32-42)40-70)48-24-30-62-57(36-48)58-37-49(54-27-21-43(39-69)33-51(54)41-71)25-31-63(58)76(62)64-29-23-47(46-22-28-61-56(34-46)55-18-10-11-19-60(55)75(61)52-16-8-3-9-17-52)35-59(64)67-73-65(44-12-4-1-5-13-44)72-66(74-67)45-14-6-2-7-15-45/h1-37H. The van der Waals surface area contributed by atoms with Crippen molar-refractivity contribution in [3.05, 3.63) is 247 Å². The molecule has 0 aliphatic rings. The van der Waals surface area contributed by atoms with Crippen LogP contribution in [0.2, 0.25) is 0 Å². The van der Waals surface area contributed by atoms with E-state index in [1.54, 1.807) is 24.3 Å². The van der Waals surface area contributed by atoms with Gasteiger partial charge in [-0.25, -0.2) is 15.0 Å². The number of fused-ring (bicyclic) bond motifs is 6. The molecule has 0 aliphatic heterocycles. The quantitative estimate of drug-likeness (QED) is 0.147. The molecule has 3 heterocycles. The van der Waals surface area contributed by atoms with Crippen molar-refractivity contribution in [1.29, 1.82) is 21.0 Å². The molecule has 0 amide bonds. The SMILES string of the molecule is N#Cc1ccc(-c2ccc3c(c2)c2cc(-c4ccc(C#N)cc4C#N)ccc2n3-c2ccc(-c3ccc4c(c3)c3ccccc3n4-c3ccccc3)cc2-c2nc(-c3ccccc3)nc(-c3ccccc3)n2)c(C#N)c1. The molecule has 0 atom stereocenters.